The number of rotatable bonds is 7. The highest BCUT2D eigenvalue weighted by Gasteiger charge is 2.26. The first-order chi connectivity index (χ1) is 10.4. The van der Waals surface area contributed by atoms with Crippen LogP contribution in [0.3, 0.4) is 0 Å². The van der Waals surface area contributed by atoms with Gasteiger partial charge in [0, 0.05) is 13.6 Å². The van der Waals surface area contributed by atoms with Crippen LogP contribution in [0.2, 0.25) is 0 Å². The highest BCUT2D eigenvalue weighted by Crippen LogP contribution is 2.18. The zero-order chi connectivity index (χ0) is 16.4. The molecule has 1 aromatic rings. The van der Waals surface area contributed by atoms with Gasteiger partial charge in [-0.3, -0.25) is 4.99 Å². The Hall–Kier alpha value is -1.39. The van der Waals surface area contributed by atoms with Gasteiger partial charge in [0.25, 0.3) is 0 Å². The second-order valence-corrected chi connectivity index (χ2v) is 4.31. The summed E-state index contributed by atoms with van der Waals surface area (Å²) in [6.07, 6.45) is -5.08. The van der Waals surface area contributed by atoms with Crippen LogP contribution in [-0.2, 0) is 0 Å². The molecule has 0 amide bonds. The standard InChI is InChI=1S/C14H20F3N3O2.HI/c1-18-13(19-8-7-14(15,16)17)20-9-10-22-12-5-3-11(21-2)4-6-12;/h3-6H,7-10H2,1-2H3,(H2,18,19,20);1H. The Morgan fingerprint density at radius 1 is 1.09 bits per heavy atom. The molecule has 132 valence electrons. The van der Waals surface area contributed by atoms with Gasteiger partial charge in [0.1, 0.15) is 18.1 Å². The zero-order valence-corrected chi connectivity index (χ0v) is 15.3. The topological polar surface area (TPSA) is 54.9 Å². The number of ether oxygens (including phenoxy) is 2. The second kappa shape index (κ2) is 11.2. The third kappa shape index (κ3) is 10.1. The number of hydrogen-bond acceptors (Lipinski definition) is 3. The third-order valence-corrected chi connectivity index (χ3v) is 2.65. The predicted octanol–water partition coefficient (Wildman–Crippen LogP) is 2.81. The predicted molar refractivity (Wildman–Crippen MR) is 93.9 cm³/mol. The van der Waals surface area contributed by atoms with E-state index in [2.05, 4.69) is 15.6 Å². The summed E-state index contributed by atoms with van der Waals surface area (Å²) in [6.45, 7) is 0.548. The smallest absolute Gasteiger partial charge is 0.390 e. The van der Waals surface area contributed by atoms with Crippen molar-refractivity contribution in [2.24, 2.45) is 4.99 Å². The molecule has 0 aliphatic heterocycles. The summed E-state index contributed by atoms with van der Waals surface area (Å²) in [4.78, 5) is 3.83. The summed E-state index contributed by atoms with van der Waals surface area (Å²) in [7, 11) is 3.07. The van der Waals surface area contributed by atoms with Crippen molar-refractivity contribution in [3.8, 4) is 11.5 Å². The maximum atomic E-state index is 12.0. The number of nitrogens with zero attached hydrogens (tertiary/aromatic N) is 1. The number of methoxy groups -OCH3 is 1. The Labute approximate surface area is 150 Å². The molecular formula is C14H21F3IN3O2. The van der Waals surface area contributed by atoms with Crippen LogP contribution in [0, 0.1) is 0 Å². The normalized spacial score (nSPS) is 11.4. The van der Waals surface area contributed by atoms with E-state index in [0.29, 0.717) is 24.9 Å². The van der Waals surface area contributed by atoms with E-state index in [9.17, 15) is 13.2 Å². The van der Waals surface area contributed by atoms with Crippen LogP contribution < -0.4 is 20.1 Å². The van der Waals surface area contributed by atoms with Crippen molar-refractivity contribution in [2.45, 2.75) is 12.6 Å². The maximum absolute atomic E-state index is 12.0. The molecule has 0 spiro atoms. The molecule has 1 rings (SSSR count). The number of hydrogen-bond donors (Lipinski definition) is 2. The quantitative estimate of drug-likeness (QED) is 0.292. The van der Waals surface area contributed by atoms with E-state index in [0.717, 1.165) is 5.75 Å². The van der Waals surface area contributed by atoms with E-state index in [-0.39, 0.29) is 30.5 Å². The van der Waals surface area contributed by atoms with Gasteiger partial charge in [-0.15, -0.1) is 24.0 Å². The van der Waals surface area contributed by atoms with E-state index in [1.807, 2.05) is 0 Å². The minimum atomic E-state index is -4.18. The van der Waals surface area contributed by atoms with Crippen LogP contribution in [0.1, 0.15) is 6.42 Å². The molecular weight excluding hydrogens is 426 g/mol. The highest BCUT2D eigenvalue weighted by molar-refractivity contribution is 14.0. The molecule has 9 heteroatoms. The van der Waals surface area contributed by atoms with Gasteiger partial charge in [0.05, 0.1) is 20.1 Å². The van der Waals surface area contributed by atoms with Crippen LogP contribution in [-0.4, -0.2) is 46.0 Å². The van der Waals surface area contributed by atoms with Gasteiger partial charge >= 0.3 is 6.18 Å². The fraction of sp³-hybridized carbons (Fsp3) is 0.500. The van der Waals surface area contributed by atoms with E-state index in [1.54, 1.807) is 31.4 Å². The number of benzene rings is 1. The number of alkyl halides is 3. The van der Waals surface area contributed by atoms with Gasteiger partial charge in [0.15, 0.2) is 5.96 Å². The van der Waals surface area contributed by atoms with Crippen LogP contribution in [0.4, 0.5) is 13.2 Å². The van der Waals surface area contributed by atoms with Crippen molar-refractivity contribution < 1.29 is 22.6 Å². The van der Waals surface area contributed by atoms with Crippen molar-refractivity contribution in [3.63, 3.8) is 0 Å². The first kappa shape index (κ1) is 21.6. The summed E-state index contributed by atoms with van der Waals surface area (Å²) >= 11 is 0. The third-order valence-electron chi connectivity index (χ3n) is 2.65. The first-order valence-corrected chi connectivity index (χ1v) is 6.72. The van der Waals surface area contributed by atoms with Crippen molar-refractivity contribution >= 4 is 29.9 Å². The summed E-state index contributed by atoms with van der Waals surface area (Å²) < 4.78 is 46.6. The Bertz CT molecular complexity index is 467. The Kier molecular flexibility index (Phi) is 10.5. The van der Waals surface area contributed by atoms with E-state index in [1.165, 1.54) is 7.05 Å². The van der Waals surface area contributed by atoms with E-state index >= 15 is 0 Å². The lowest BCUT2D eigenvalue weighted by Gasteiger charge is -2.13. The largest absolute Gasteiger partial charge is 0.497 e. The molecule has 0 bridgehead atoms. The Morgan fingerprint density at radius 3 is 2.17 bits per heavy atom. The summed E-state index contributed by atoms with van der Waals surface area (Å²) in [6, 6.07) is 7.10. The maximum Gasteiger partial charge on any atom is 0.390 e. The molecule has 0 aliphatic rings. The second-order valence-electron chi connectivity index (χ2n) is 4.31. The van der Waals surface area contributed by atoms with Crippen LogP contribution >= 0.6 is 24.0 Å². The van der Waals surface area contributed by atoms with Gasteiger partial charge in [-0.05, 0) is 24.3 Å². The van der Waals surface area contributed by atoms with Gasteiger partial charge < -0.3 is 20.1 Å². The van der Waals surface area contributed by atoms with Crippen molar-refractivity contribution in [1.82, 2.24) is 10.6 Å². The average molecular weight is 447 g/mol. The molecule has 0 radical (unpaired) electrons. The van der Waals surface area contributed by atoms with E-state index in [4.69, 9.17) is 9.47 Å². The molecule has 23 heavy (non-hydrogen) atoms. The van der Waals surface area contributed by atoms with Crippen LogP contribution in [0.5, 0.6) is 11.5 Å². The monoisotopic (exact) mass is 447 g/mol. The van der Waals surface area contributed by atoms with Gasteiger partial charge in [0.2, 0.25) is 0 Å². The number of nitrogens with one attached hydrogen (secondary N) is 2. The van der Waals surface area contributed by atoms with Gasteiger partial charge in [-0.2, -0.15) is 13.2 Å². The average Bonchev–Trinajstić information content (AvgIpc) is 2.49. The van der Waals surface area contributed by atoms with Crippen molar-refractivity contribution in [3.05, 3.63) is 24.3 Å². The molecule has 0 saturated heterocycles. The minimum Gasteiger partial charge on any atom is -0.497 e. The van der Waals surface area contributed by atoms with Gasteiger partial charge in [-0.25, -0.2) is 0 Å². The molecule has 2 N–H and O–H groups in total. The fourth-order valence-corrected chi connectivity index (χ4v) is 1.55. The Morgan fingerprint density at radius 2 is 1.65 bits per heavy atom. The highest BCUT2D eigenvalue weighted by atomic mass is 127. The molecule has 0 aliphatic carbocycles. The van der Waals surface area contributed by atoms with Crippen molar-refractivity contribution in [2.75, 3.05) is 33.9 Å². The lowest BCUT2D eigenvalue weighted by molar-refractivity contribution is -0.132. The molecule has 0 atom stereocenters. The van der Waals surface area contributed by atoms with Crippen molar-refractivity contribution in [1.29, 1.82) is 0 Å². The SMILES string of the molecule is CN=C(NCCOc1ccc(OC)cc1)NCCC(F)(F)F.I. The molecule has 0 unspecified atom stereocenters. The Balaban J connectivity index is 0.00000484. The first-order valence-electron chi connectivity index (χ1n) is 6.72. The molecule has 0 heterocycles. The number of halogens is 4. The zero-order valence-electron chi connectivity index (χ0n) is 12.9. The molecule has 0 fully saturated rings. The van der Waals surface area contributed by atoms with Crippen LogP contribution in [0.25, 0.3) is 0 Å². The molecule has 1 aromatic carbocycles. The summed E-state index contributed by atoms with van der Waals surface area (Å²) in [5.74, 6) is 1.73. The minimum absolute atomic E-state index is 0. The van der Waals surface area contributed by atoms with E-state index < -0.39 is 12.6 Å². The van der Waals surface area contributed by atoms with Crippen LogP contribution in [0.15, 0.2) is 29.3 Å². The summed E-state index contributed by atoms with van der Waals surface area (Å²) in [5.41, 5.74) is 0. The molecule has 0 aromatic heterocycles. The molecule has 0 saturated carbocycles. The lowest BCUT2D eigenvalue weighted by atomic mass is 10.3. The lowest BCUT2D eigenvalue weighted by Crippen LogP contribution is -2.40. The van der Waals surface area contributed by atoms with Gasteiger partial charge in [-0.1, -0.05) is 0 Å². The number of aliphatic imine (C=N–C) groups is 1. The number of guanidine groups is 1. The summed E-state index contributed by atoms with van der Waals surface area (Å²) in [5, 5.41) is 5.46. The fourth-order valence-electron chi connectivity index (χ4n) is 1.55. The molecule has 5 nitrogen and oxygen atoms in total.